The van der Waals surface area contributed by atoms with E-state index in [4.69, 9.17) is 14.2 Å². The Labute approximate surface area is 273 Å². The van der Waals surface area contributed by atoms with Gasteiger partial charge in [-0.3, -0.25) is 0 Å². The van der Waals surface area contributed by atoms with Crippen LogP contribution in [-0.4, -0.2) is 96.5 Å². The molecule has 45 heavy (non-hydrogen) atoms. The molecule has 5 fully saturated rings. The number of ether oxygens (including phenoxy) is 3. The van der Waals surface area contributed by atoms with E-state index in [2.05, 4.69) is 47.7 Å². The summed E-state index contributed by atoms with van der Waals surface area (Å²) in [6, 6.07) is 0. The summed E-state index contributed by atoms with van der Waals surface area (Å²) in [5.41, 5.74) is 2.27. The number of allylic oxidation sites excluding steroid dienone is 1. The van der Waals surface area contributed by atoms with Crippen molar-refractivity contribution in [1.82, 2.24) is 0 Å². The van der Waals surface area contributed by atoms with E-state index in [1.54, 1.807) is 5.57 Å². The fourth-order valence-corrected chi connectivity index (χ4v) is 11.5. The summed E-state index contributed by atoms with van der Waals surface area (Å²) in [5.74, 6) is 4.93. The Bertz CT molecular complexity index is 1040. The number of fused-ring (bicyclic) bond motifs is 5. The number of nitrogens with zero attached hydrogens (tertiary/aromatic N) is 1. The van der Waals surface area contributed by atoms with Gasteiger partial charge in [0.2, 0.25) is 0 Å². The van der Waals surface area contributed by atoms with E-state index >= 15 is 0 Å². The van der Waals surface area contributed by atoms with Crippen molar-refractivity contribution < 1.29 is 34.0 Å². The molecule has 7 nitrogen and oxygen atoms in total. The highest BCUT2D eigenvalue weighted by Crippen LogP contribution is 2.67. The Morgan fingerprint density at radius 2 is 1.69 bits per heavy atom. The fraction of sp³-hybridized carbons (Fsp3) is 0.947. The number of morpholine rings is 1. The first-order valence-electron chi connectivity index (χ1n) is 18.8. The molecule has 0 radical (unpaired) electrons. The van der Waals surface area contributed by atoms with E-state index in [1.165, 1.54) is 51.4 Å². The first-order chi connectivity index (χ1) is 21.3. The Kier molecular flexibility index (Phi) is 10.2. The van der Waals surface area contributed by atoms with Gasteiger partial charge in [0, 0.05) is 0 Å². The third-order valence-electron chi connectivity index (χ3n) is 14.4. The van der Waals surface area contributed by atoms with Crippen molar-refractivity contribution in [3.63, 3.8) is 0 Å². The lowest BCUT2D eigenvalue weighted by atomic mass is 9.47. The fourth-order valence-electron chi connectivity index (χ4n) is 11.5. The van der Waals surface area contributed by atoms with Crippen LogP contribution in [0, 0.1) is 46.3 Å². The monoisotopic (exact) mass is 632 g/mol. The van der Waals surface area contributed by atoms with Gasteiger partial charge in [0.25, 0.3) is 0 Å². The van der Waals surface area contributed by atoms with Crippen molar-refractivity contribution in [2.75, 3.05) is 39.9 Å². The molecule has 6 rings (SSSR count). The van der Waals surface area contributed by atoms with Crippen LogP contribution in [0.15, 0.2) is 11.6 Å². The predicted molar refractivity (Wildman–Crippen MR) is 176 cm³/mol. The molecule has 0 bridgehead atoms. The highest BCUT2D eigenvalue weighted by Gasteiger charge is 2.59. The maximum atomic E-state index is 10.9. The van der Waals surface area contributed by atoms with Crippen LogP contribution in [0.2, 0.25) is 0 Å². The first-order valence-corrected chi connectivity index (χ1v) is 18.8. The summed E-state index contributed by atoms with van der Waals surface area (Å²) in [7, 11) is 2.14. The van der Waals surface area contributed by atoms with Crippen LogP contribution >= 0.6 is 0 Å². The van der Waals surface area contributed by atoms with Gasteiger partial charge in [-0.1, -0.05) is 65.5 Å². The molecule has 13 atom stereocenters. The molecule has 0 spiro atoms. The lowest BCUT2D eigenvalue weighted by Crippen LogP contribution is -2.65. The van der Waals surface area contributed by atoms with E-state index in [0.29, 0.717) is 29.7 Å². The smallest absolute Gasteiger partial charge is 0.187 e. The minimum absolute atomic E-state index is 0.0480. The highest BCUT2D eigenvalue weighted by atomic mass is 16.7. The topological polar surface area (TPSA) is 88.4 Å². The number of aliphatic hydroxyl groups excluding tert-OH is 3. The standard InChI is InChI=1S/C38H66NO6/c1-24(2)8-7-9-25(3)29-12-13-30-28-11-10-26-22-27(14-16-37(26,4)31(28)15-17-38(29,30)5)44-36-35(42)34(41)33(40)32(45-36)23-39(6)18-20-43-21-19-39/h10,24-25,27-36,40-42H,7-9,11-23H2,1-6H3/q+1/t25-,27+,28+,29-,30+,31+,32-,33-,34+,35-,36-,37+,38-/m1/s1. The molecular weight excluding hydrogens is 566 g/mol. The molecule has 0 aromatic rings. The largest absolute Gasteiger partial charge is 0.387 e. The van der Waals surface area contributed by atoms with Crippen molar-refractivity contribution in [3.8, 4) is 0 Å². The Balaban J connectivity index is 1.09. The van der Waals surface area contributed by atoms with Crippen molar-refractivity contribution in [1.29, 1.82) is 0 Å². The van der Waals surface area contributed by atoms with Crippen LogP contribution in [0.5, 0.6) is 0 Å². The molecule has 7 heteroatoms. The molecule has 4 aliphatic carbocycles. The first kappa shape index (κ1) is 34.3. The molecule has 6 aliphatic rings. The van der Waals surface area contributed by atoms with E-state index in [0.717, 1.165) is 67.9 Å². The number of likely N-dealkylation sites (N-methyl/N-ethyl adjacent to an activating group) is 1. The zero-order valence-electron chi connectivity index (χ0n) is 29.3. The second-order valence-corrected chi connectivity index (χ2v) is 17.7. The second-order valence-electron chi connectivity index (χ2n) is 17.7. The van der Waals surface area contributed by atoms with Gasteiger partial charge in [-0.15, -0.1) is 0 Å². The Morgan fingerprint density at radius 3 is 2.42 bits per heavy atom. The van der Waals surface area contributed by atoms with Gasteiger partial charge in [-0.2, -0.15) is 0 Å². The molecular formula is C38H66NO6+. The van der Waals surface area contributed by atoms with Crippen LogP contribution in [0.3, 0.4) is 0 Å². The zero-order valence-corrected chi connectivity index (χ0v) is 29.3. The average Bonchev–Trinajstić information content (AvgIpc) is 3.36. The molecule has 2 heterocycles. The maximum Gasteiger partial charge on any atom is 0.187 e. The quantitative estimate of drug-likeness (QED) is 0.223. The van der Waals surface area contributed by atoms with E-state index in [9.17, 15) is 15.3 Å². The van der Waals surface area contributed by atoms with Gasteiger partial charge in [-0.05, 0) is 97.7 Å². The van der Waals surface area contributed by atoms with Crippen LogP contribution in [-0.2, 0) is 14.2 Å². The van der Waals surface area contributed by atoms with Crippen LogP contribution in [0.4, 0.5) is 0 Å². The van der Waals surface area contributed by atoms with Gasteiger partial charge < -0.3 is 34.0 Å². The maximum absolute atomic E-state index is 10.9. The predicted octanol–water partition coefficient (Wildman–Crippen LogP) is 5.70. The molecule has 0 unspecified atom stereocenters. The SMILES string of the molecule is CC(C)CCC[C@@H](C)[C@H]1CC[C@H]2[C@@H]3CC=C4C[C@@H](O[C@@H]5O[C@H](C[N+]6(C)CCOCC6)[C@@H](O)[C@H](O)[C@H]5O)CC[C@]4(C)[C@H]3CC[C@]12C. The Morgan fingerprint density at radius 1 is 0.933 bits per heavy atom. The van der Waals surface area contributed by atoms with Crippen LogP contribution < -0.4 is 0 Å². The van der Waals surface area contributed by atoms with Gasteiger partial charge in [0.1, 0.15) is 44.1 Å². The summed E-state index contributed by atoms with van der Waals surface area (Å²) in [5, 5.41) is 32.5. The van der Waals surface area contributed by atoms with Gasteiger partial charge in [-0.25, -0.2) is 0 Å². The highest BCUT2D eigenvalue weighted by molar-refractivity contribution is 5.25. The minimum Gasteiger partial charge on any atom is -0.387 e. The molecule has 258 valence electrons. The molecule has 3 N–H and O–H groups in total. The number of rotatable bonds is 9. The second kappa shape index (κ2) is 13.4. The molecule has 0 aromatic carbocycles. The van der Waals surface area contributed by atoms with Crippen LogP contribution in [0.1, 0.15) is 105 Å². The van der Waals surface area contributed by atoms with Crippen LogP contribution in [0.25, 0.3) is 0 Å². The third kappa shape index (κ3) is 6.59. The van der Waals surface area contributed by atoms with E-state index < -0.39 is 30.7 Å². The number of hydrogen-bond donors (Lipinski definition) is 3. The Hall–Kier alpha value is -0.540. The molecule has 2 saturated heterocycles. The molecule has 3 saturated carbocycles. The van der Waals surface area contributed by atoms with Crippen molar-refractivity contribution in [2.45, 2.75) is 142 Å². The summed E-state index contributed by atoms with van der Waals surface area (Å²) in [6.07, 6.45) is 11.2. The number of hydrogen-bond acceptors (Lipinski definition) is 6. The van der Waals surface area contributed by atoms with E-state index in [-0.39, 0.29) is 11.5 Å². The summed E-state index contributed by atoms with van der Waals surface area (Å²) in [6.45, 7) is 16.1. The lowest BCUT2D eigenvalue weighted by Gasteiger charge is -2.58. The lowest BCUT2D eigenvalue weighted by molar-refractivity contribution is -0.920. The third-order valence-corrected chi connectivity index (χ3v) is 14.4. The average molecular weight is 633 g/mol. The summed E-state index contributed by atoms with van der Waals surface area (Å²) < 4.78 is 19.0. The number of aliphatic hydroxyl groups is 3. The van der Waals surface area contributed by atoms with Gasteiger partial charge >= 0.3 is 0 Å². The normalized spacial score (nSPS) is 47.0. The number of quaternary nitrogens is 1. The van der Waals surface area contributed by atoms with E-state index in [1.807, 2.05) is 0 Å². The summed E-state index contributed by atoms with van der Waals surface area (Å²) >= 11 is 0. The molecule has 2 aliphatic heterocycles. The zero-order chi connectivity index (χ0) is 32.1. The van der Waals surface area contributed by atoms with Gasteiger partial charge in [0.15, 0.2) is 6.29 Å². The molecule has 0 amide bonds. The summed E-state index contributed by atoms with van der Waals surface area (Å²) in [4.78, 5) is 0. The molecule has 0 aromatic heterocycles. The van der Waals surface area contributed by atoms with Crippen molar-refractivity contribution >= 4 is 0 Å². The van der Waals surface area contributed by atoms with Crippen molar-refractivity contribution in [2.24, 2.45) is 46.3 Å². The minimum atomic E-state index is -1.28. The van der Waals surface area contributed by atoms with Gasteiger partial charge in [0.05, 0.1) is 26.4 Å². The van der Waals surface area contributed by atoms with Crippen molar-refractivity contribution in [3.05, 3.63) is 11.6 Å².